The van der Waals surface area contributed by atoms with Crippen LogP contribution in [-0.4, -0.2) is 43.5 Å². The molecule has 1 unspecified atom stereocenters. The van der Waals surface area contributed by atoms with Gasteiger partial charge in [-0.25, -0.2) is 23.1 Å². The quantitative estimate of drug-likeness (QED) is 0.609. The highest BCUT2D eigenvalue weighted by Gasteiger charge is 2.41. The highest BCUT2D eigenvalue weighted by molar-refractivity contribution is 7.90. The Balaban J connectivity index is 1.82. The Labute approximate surface area is 194 Å². The lowest BCUT2D eigenvalue weighted by molar-refractivity contribution is 0.0981. The molecule has 0 radical (unpaired) electrons. The van der Waals surface area contributed by atoms with Crippen LogP contribution in [0.25, 0.3) is 10.9 Å². The molecule has 3 aromatic rings. The number of rotatable bonds is 5. The van der Waals surface area contributed by atoms with Crippen molar-refractivity contribution in [3.63, 3.8) is 0 Å². The number of benzene rings is 1. The first-order valence-corrected chi connectivity index (χ1v) is 12.3. The zero-order valence-electron chi connectivity index (χ0n) is 19.4. The monoisotopic (exact) mass is 468 g/mol. The van der Waals surface area contributed by atoms with Gasteiger partial charge >= 0.3 is 0 Å². The molecule has 1 atom stereocenters. The van der Waals surface area contributed by atoms with Gasteiger partial charge in [0.05, 0.1) is 18.2 Å². The lowest BCUT2D eigenvalue weighted by Gasteiger charge is -2.36. The smallest absolute Gasteiger partial charge is 0.269 e. The Hall–Kier alpha value is -3.20. The molecule has 1 amide bonds. The molecule has 0 bridgehead atoms. The normalized spacial score (nSPS) is 17.8. The van der Waals surface area contributed by atoms with E-state index in [0.29, 0.717) is 11.7 Å². The minimum Gasteiger partial charge on any atom is -0.480 e. The molecule has 9 heteroatoms. The van der Waals surface area contributed by atoms with E-state index < -0.39 is 15.9 Å². The third-order valence-electron chi connectivity index (χ3n) is 6.59. The van der Waals surface area contributed by atoms with Crippen LogP contribution in [-0.2, 0) is 10.0 Å². The van der Waals surface area contributed by atoms with Crippen LogP contribution in [0.2, 0.25) is 0 Å². The highest BCUT2D eigenvalue weighted by atomic mass is 32.2. The van der Waals surface area contributed by atoms with Gasteiger partial charge in [-0.2, -0.15) is 0 Å². The number of aromatic nitrogens is 2. The summed E-state index contributed by atoms with van der Waals surface area (Å²) in [6, 6.07) is 10.3. The molecule has 0 saturated carbocycles. The number of carbonyl (C=O) groups is 1. The van der Waals surface area contributed by atoms with Crippen molar-refractivity contribution in [2.45, 2.75) is 44.6 Å². The van der Waals surface area contributed by atoms with E-state index in [4.69, 9.17) is 9.72 Å². The Bertz CT molecular complexity index is 1340. The molecule has 1 N–H and O–H groups in total. The Morgan fingerprint density at radius 3 is 2.67 bits per heavy atom. The predicted molar refractivity (Wildman–Crippen MR) is 127 cm³/mol. The van der Waals surface area contributed by atoms with Gasteiger partial charge in [0, 0.05) is 23.7 Å². The van der Waals surface area contributed by atoms with E-state index in [9.17, 15) is 13.2 Å². The first-order valence-electron chi connectivity index (χ1n) is 10.8. The number of hydrogen-bond donors (Lipinski definition) is 1. The van der Waals surface area contributed by atoms with E-state index in [1.807, 2.05) is 25.1 Å². The van der Waals surface area contributed by atoms with Crippen molar-refractivity contribution >= 4 is 32.7 Å². The van der Waals surface area contributed by atoms with Gasteiger partial charge in [-0.3, -0.25) is 4.79 Å². The molecular formula is C24H28N4O4S. The summed E-state index contributed by atoms with van der Waals surface area (Å²) in [5.41, 5.74) is 1.78. The molecular weight excluding hydrogens is 440 g/mol. The maximum atomic E-state index is 13.4. The minimum atomic E-state index is -4.22. The zero-order chi connectivity index (χ0) is 24.0. The second-order valence-corrected chi connectivity index (χ2v) is 10.6. The van der Waals surface area contributed by atoms with E-state index in [2.05, 4.69) is 35.4 Å². The number of fused-ring (bicyclic) bond motifs is 1. The van der Waals surface area contributed by atoms with Gasteiger partial charge in [-0.05, 0) is 62.9 Å². The Morgan fingerprint density at radius 1 is 1.24 bits per heavy atom. The summed E-state index contributed by atoms with van der Waals surface area (Å²) >= 11 is 0. The molecule has 33 heavy (non-hydrogen) atoms. The molecule has 2 aromatic heterocycles. The summed E-state index contributed by atoms with van der Waals surface area (Å²) in [5.74, 6) is 0.0287. The van der Waals surface area contributed by atoms with E-state index >= 15 is 0 Å². The summed E-state index contributed by atoms with van der Waals surface area (Å²) in [5, 5.41) is 0.760. The number of carbonyl (C=O) groups excluding carboxylic acids is 1. The van der Waals surface area contributed by atoms with E-state index in [0.717, 1.165) is 29.4 Å². The molecule has 0 spiro atoms. The largest absolute Gasteiger partial charge is 0.480 e. The minimum absolute atomic E-state index is 0.0837. The number of pyridine rings is 2. The number of nitrogens with one attached hydrogen (secondary N) is 1. The van der Waals surface area contributed by atoms with Crippen LogP contribution in [0.15, 0.2) is 47.5 Å². The van der Waals surface area contributed by atoms with Crippen molar-refractivity contribution in [2.24, 2.45) is 5.92 Å². The number of ether oxygens (including phenoxy) is 1. The average Bonchev–Trinajstić information content (AvgIpc) is 3.04. The van der Waals surface area contributed by atoms with Gasteiger partial charge in [0.1, 0.15) is 10.7 Å². The summed E-state index contributed by atoms with van der Waals surface area (Å²) in [7, 11) is -2.90. The number of methoxy groups -OCH3 is 1. The SMILES string of the molecule is COc1ncccc1S(=O)(=O)NC(=O)c1cc2ccc(C)cc2nc1N1CCC(C)C1(C)C. The fraction of sp³-hybridized carbons (Fsp3) is 0.375. The van der Waals surface area contributed by atoms with Crippen LogP contribution < -0.4 is 14.4 Å². The van der Waals surface area contributed by atoms with Gasteiger partial charge in [0.15, 0.2) is 0 Å². The maximum Gasteiger partial charge on any atom is 0.269 e. The molecule has 4 rings (SSSR count). The molecule has 1 aliphatic rings. The second kappa shape index (κ2) is 8.30. The summed E-state index contributed by atoms with van der Waals surface area (Å²) < 4.78 is 33.3. The van der Waals surface area contributed by atoms with Crippen LogP contribution >= 0.6 is 0 Å². The predicted octanol–water partition coefficient (Wildman–Crippen LogP) is 3.69. The number of anilines is 1. The number of aryl methyl sites for hydroxylation is 1. The highest BCUT2D eigenvalue weighted by Crippen LogP contribution is 2.39. The van der Waals surface area contributed by atoms with Gasteiger partial charge < -0.3 is 9.64 Å². The lowest BCUT2D eigenvalue weighted by Crippen LogP contribution is -2.43. The van der Waals surface area contributed by atoms with Crippen molar-refractivity contribution in [2.75, 3.05) is 18.6 Å². The first-order chi connectivity index (χ1) is 15.5. The number of nitrogens with zero attached hydrogens (tertiary/aromatic N) is 3. The zero-order valence-corrected chi connectivity index (χ0v) is 20.2. The standard InChI is InChI=1S/C24H28N4O4S/c1-15-8-9-17-14-18(21(26-19(17)13-15)28-12-10-16(2)24(28,3)4)22(29)27-33(30,31)20-7-6-11-25-23(20)32-5/h6-9,11,13-14,16H,10,12H2,1-5H3,(H,27,29). The molecule has 1 fully saturated rings. The van der Waals surface area contributed by atoms with Crippen LogP contribution in [0.3, 0.4) is 0 Å². The Morgan fingerprint density at radius 2 is 2.00 bits per heavy atom. The van der Waals surface area contributed by atoms with Crippen molar-refractivity contribution in [1.29, 1.82) is 0 Å². The maximum absolute atomic E-state index is 13.4. The summed E-state index contributed by atoms with van der Waals surface area (Å²) in [6.45, 7) is 9.11. The molecule has 174 valence electrons. The van der Waals surface area contributed by atoms with Crippen LogP contribution in [0.1, 0.15) is 43.1 Å². The molecule has 3 heterocycles. The van der Waals surface area contributed by atoms with Crippen molar-refractivity contribution in [3.05, 3.63) is 53.7 Å². The first kappa shape index (κ1) is 23.0. The van der Waals surface area contributed by atoms with Gasteiger partial charge in [0.2, 0.25) is 5.88 Å². The van der Waals surface area contributed by atoms with E-state index in [1.165, 1.54) is 25.4 Å². The Kier molecular flexibility index (Phi) is 5.78. The second-order valence-electron chi connectivity index (χ2n) is 9.00. The van der Waals surface area contributed by atoms with Gasteiger partial charge in [0.25, 0.3) is 15.9 Å². The molecule has 1 saturated heterocycles. The van der Waals surface area contributed by atoms with Crippen molar-refractivity contribution in [3.8, 4) is 5.88 Å². The third kappa shape index (κ3) is 4.13. The van der Waals surface area contributed by atoms with Gasteiger partial charge in [-0.1, -0.05) is 19.1 Å². The number of hydrogen-bond acceptors (Lipinski definition) is 7. The summed E-state index contributed by atoms with van der Waals surface area (Å²) in [6.07, 6.45) is 2.37. The molecule has 1 aromatic carbocycles. The van der Waals surface area contributed by atoms with Crippen LogP contribution in [0.5, 0.6) is 5.88 Å². The van der Waals surface area contributed by atoms with Crippen LogP contribution in [0.4, 0.5) is 5.82 Å². The van der Waals surface area contributed by atoms with E-state index in [-0.39, 0.29) is 21.9 Å². The fourth-order valence-corrected chi connectivity index (χ4v) is 5.30. The fourth-order valence-electron chi connectivity index (χ4n) is 4.21. The summed E-state index contributed by atoms with van der Waals surface area (Å²) in [4.78, 5) is 24.1. The van der Waals surface area contributed by atoms with Gasteiger partial charge in [-0.15, -0.1) is 0 Å². The molecule has 1 aliphatic heterocycles. The third-order valence-corrected chi connectivity index (χ3v) is 7.93. The molecule has 8 nitrogen and oxygen atoms in total. The lowest BCUT2D eigenvalue weighted by atomic mass is 9.90. The topological polar surface area (TPSA) is 101 Å². The van der Waals surface area contributed by atoms with Crippen molar-refractivity contribution < 1.29 is 17.9 Å². The van der Waals surface area contributed by atoms with E-state index in [1.54, 1.807) is 6.07 Å². The molecule has 0 aliphatic carbocycles. The number of amides is 1. The average molecular weight is 469 g/mol. The van der Waals surface area contributed by atoms with Crippen LogP contribution in [0, 0.1) is 12.8 Å². The van der Waals surface area contributed by atoms with Crippen molar-refractivity contribution in [1.82, 2.24) is 14.7 Å². The number of sulfonamides is 1.